The molecular formula is C19H20N2O4. The van der Waals surface area contributed by atoms with Crippen LogP contribution in [0.4, 0.5) is 5.69 Å². The molecule has 6 nitrogen and oxygen atoms in total. The van der Waals surface area contributed by atoms with Gasteiger partial charge in [0.25, 0.3) is 0 Å². The molecule has 6 heteroatoms. The van der Waals surface area contributed by atoms with Crippen LogP contribution in [-0.4, -0.2) is 36.3 Å². The number of likely N-dealkylation sites (tertiary alicyclic amines) is 1. The van der Waals surface area contributed by atoms with Gasteiger partial charge >= 0.3 is 0 Å². The summed E-state index contributed by atoms with van der Waals surface area (Å²) in [4.78, 5) is 38.6. The molecule has 2 bridgehead atoms. The van der Waals surface area contributed by atoms with E-state index in [9.17, 15) is 14.4 Å². The Labute approximate surface area is 145 Å². The van der Waals surface area contributed by atoms with Gasteiger partial charge in [0, 0.05) is 13.0 Å². The van der Waals surface area contributed by atoms with Gasteiger partial charge in [-0.25, -0.2) is 0 Å². The highest BCUT2D eigenvalue weighted by Crippen LogP contribution is 2.52. The van der Waals surface area contributed by atoms with Crippen molar-refractivity contribution in [2.45, 2.75) is 12.8 Å². The Morgan fingerprint density at radius 1 is 1.16 bits per heavy atom. The maximum Gasteiger partial charge on any atom is 0.233 e. The molecule has 1 aromatic rings. The second kappa shape index (κ2) is 6.02. The zero-order valence-electron chi connectivity index (χ0n) is 14.0. The lowest BCUT2D eigenvalue weighted by Crippen LogP contribution is -2.35. The van der Waals surface area contributed by atoms with Crippen LogP contribution in [0.5, 0.6) is 5.75 Å². The van der Waals surface area contributed by atoms with E-state index in [1.165, 1.54) is 12.0 Å². The van der Waals surface area contributed by atoms with E-state index in [2.05, 4.69) is 17.5 Å². The number of hydrogen-bond acceptors (Lipinski definition) is 4. The van der Waals surface area contributed by atoms with Gasteiger partial charge < -0.3 is 10.1 Å². The lowest BCUT2D eigenvalue weighted by atomic mass is 9.85. The number of nitrogens with one attached hydrogen (secondary N) is 1. The third-order valence-corrected chi connectivity index (χ3v) is 5.51. The number of allylic oxidation sites excluding steroid dienone is 2. The van der Waals surface area contributed by atoms with Crippen molar-refractivity contribution in [1.82, 2.24) is 4.90 Å². The molecule has 1 aromatic carbocycles. The number of hydrogen-bond donors (Lipinski definition) is 1. The number of imide groups is 1. The average Bonchev–Trinajstić information content (AvgIpc) is 3.28. The minimum Gasteiger partial charge on any atom is -0.495 e. The van der Waals surface area contributed by atoms with E-state index in [1.54, 1.807) is 18.2 Å². The first kappa shape index (κ1) is 15.9. The second-order valence-electron chi connectivity index (χ2n) is 6.83. The number of nitrogens with zero attached hydrogens (tertiary/aromatic N) is 1. The number of amides is 3. The van der Waals surface area contributed by atoms with Gasteiger partial charge in [-0.2, -0.15) is 0 Å². The van der Waals surface area contributed by atoms with E-state index in [4.69, 9.17) is 4.74 Å². The van der Waals surface area contributed by atoms with Crippen LogP contribution in [0.3, 0.4) is 0 Å². The van der Waals surface area contributed by atoms with E-state index < -0.39 is 0 Å². The normalized spacial score (nSPS) is 29.2. The Balaban J connectivity index is 1.38. The Kier molecular flexibility index (Phi) is 3.82. The number of carbonyl (C=O) groups excluding carboxylic acids is 3. The summed E-state index contributed by atoms with van der Waals surface area (Å²) in [6.07, 6.45) is 5.12. The van der Waals surface area contributed by atoms with Crippen LogP contribution >= 0.6 is 0 Å². The molecule has 3 amide bonds. The molecule has 4 rings (SSSR count). The number of para-hydroxylation sites is 2. The van der Waals surface area contributed by atoms with Crippen molar-refractivity contribution < 1.29 is 19.1 Å². The van der Waals surface area contributed by atoms with E-state index in [1.807, 2.05) is 6.07 Å². The molecule has 3 aliphatic rings. The first-order valence-corrected chi connectivity index (χ1v) is 8.56. The van der Waals surface area contributed by atoms with Gasteiger partial charge in [-0.15, -0.1) is 0 Å². The van der Waals surface area contributed by atoms with Gasteiger partial charge in [0.1, 0.15) is 5.75 Å². The van der Waals surface area contributed by atoms with Crippen molar-refractivity contribution in [3.8, 4) is 5.75 Å². The van der Waals surface area contributed by atoms with Gasteiger partial charge in [0.05, 0.1) is 24.6 Å². The molecule has 1 N–H and O–H groups in total. The molecule has 1 saturated carbocycles. The molecule has 0 unspecified atom stereocenters. The average molecular weight is 340 g/mol. The van der Waals surface area contributed by atoms with Gasteiger partial charge in [0.15, 0.2) is 0 Å². The maximum atomic E-state index is 12.6. The van der Waals surface area contributed by atoms with Crippen LogP contribution in [0.1, 0.15) is 12.8 Å². The fourth-order valence-corrected chi connectivity index (χ4v) is 4.36. The maximum absolute atomic E-state index is 12.6. The summed E-state index contributed by atoms with van der Waals surface area (Å²) in [7, 11) is 1.54. The molecule has 4 atom stereocenters. The summed E-state index contributed by atoms with van der Waals surface area (Å²) >= 11 is 0. The molecule has 130 valence electrons. The molecule has 0 radical (unpaired) electrons. The van der Waals surface area contributed by atoms with Crippen LogP contribution in [0.25, 0.3) is 0 Å². The molecule has 1 saturated heterocycles. The third kappa shape index (κ3) is 2.52. The van der Waals surface area contributed by atoms with Crippen LogP contribution in [-0.2, 0) is 14.4 Å². The quantitative estimate of drug-likeness (QED) is 0.655. The lowest BCUT2D eigenvalue weighted by Gasteiger charge is -2.17. The van der Waals surface area contributed by atoms with Crippen molar-refractivity contribution in [2.24, 2.45) is 23.7 Å². The second-order valence-corrected chi connectivity index (χ2v) is 6.83. The van der Waals surface area contributed by atoms with E-state index in [0.717, 1.165) is 6.42 Å². The van der Waals surface area contributed by atoms with Crippen molar-refractivity contribution in [1.29, 1.82) is 0 Å². The molecule has 1 aliphatic heterocycles. The minimum atomic E-state index is -0.247. The van der Waals surface area contributed by atoms with Gasteiger partial charge in [-0.05, 0) is 30.4 Å². The smallest absolute Gasteiger partial charge is 0.233 e. The number of rotatable bonds is 5. The first-order valence-electron chi connectivity index (χ1n) is 8.56. The number of benzene rings is 1. The minimum absolute atomic E-state index is 0.0811. The number of methoxy groups -OCH3 is 1. The number of anilines is 1. The van der Waals surface area contributed by atoms with Crippen LogP contribution in [0, 0.1) is 23.7 Å². The standard InChI is InChI=1S/C19H20N2O4/c1-25-14-5-3-2-4-13(14)20-15(22)8-9-21-18(23)16-11-6-7-12(10-11)17(16)19(21)24/h2-7,11-12,16-17H,8-10H2,1H3,(H,20,22)/t11-,12-,16-,17+/m0/s1. The van der Waals surface area contributed by atoms with Gasteiger partial charge in [0.2, 0.25) is 17.7 Å². The summed E-state index contributed by atoms with van der Waals surface area (Å²) in [5, 5.41) is 2.77. The summed E-state index contributed by atoms with van der Waals surface area (Å²) in [6, 6.07) is 7.12. The van der Waals surface area contributed by atoms with Gasteiger partial charge in [-0.1, -0.05) is 24.3 Å². The van der Waals surface area contributed by atoms with Crippen LogP contribution in [0.2, 0.25) is 0 Å². The first-order chi connectivity index (χ1) is 12.1. The zero-order chi connectivity index (χ0) is 17.6. The van der Waals surface area contributed by atoms with Crippen LogP contribution in [0.15, 0.2) is 36.4 Å². The Morgan fingerprint density at radius 3 is 2.44 bits per heavy atom. The predicted molar refractivity (Wildman–Crippen MR) is 90.7 cm³/mol. The monoisotopic (exact) mass is 340 g/mol. The molecule has 2 aliphatic carbocycles. The number of ether oxygens (including phenoxy) is 1. The van der Waals surface area contributed by atoms with E-state index in [-0.39, 0.29) is 54.4 Å². The lowest BCUT2D eigenvalue weighted by molar-refractivity contribution is -0.140. The molecule has 25 heavy (non-hydrogen) atoms. The third-order valence-electron chi connectivity index (χ3n) is 5.51. The molecule has 0 spiro atoms. The number of carbonyl (C=O) groups is 3. The van der Waals surface area contributed by atoms with Crippen molar-refractivity contribution in [3.05, 3.63) is 36.4 Å². The summed E-state index contributed by atoms with van der Waals surface area (Å²) in [5.74, 6) is 0.0655. The highest BCUT2D eigenvalue weighted by atomic mass is 16.5. The summed E-state index contributed by atoms with van der Waals surface area (Å²) < 4.78 is 5.20. The Hall–Kier alpha value is -2.63. The molecule has 0 aromatic heterocycles. The fraction of sp³-hybridized carbons (Fsp3) is 0.421. The summed E-state index contributed by atoms with van der Waals surface area (Å²) in [5.41, 5.74) is 0.577. The van der Waals surface area contributed by atoms with Crippen molar-refractivity contribution in [3.63, 3.8) is 0 Å². The zero-order valence-corrected chi connectivity index (χ0v) is 14.0. The molecule has 2 fully saturated rings. The fourth-order valence-electron chi connectivity index (χ4n) is 4.36. The Morgan fingerprint density at radius 2 is 1.80 bits per heavy atom. The van der Waals surface area contributed by atoms with E-state index >= 15 is 0 Å². The summed E-state index contributed by atoms with van der Waals surface area (Å²) in [6.45, 7) is 0.130. The van der Waals surface area contributed by atoms with E-state index in [0.29, 0.717) is 11.4 Å². The van der Waals surface area contributed by atoms with Crippen molar-refractivity contribution in [2.75, 3.05) is 19.0 Å². The van der Waals surface area contributed by atoms with Crippen molar-refractivity contribution >= 4 is 23.4 Å². The highest BCUT2D eigenvalue weighted by molar-refractivity contribution is 6.06. The molecular weight excluding hydrogens is 320 g/mol. The largest absolute Gasteiger partial charge is 0.495 e. The Bertz CT molecular complexity index is 742. The molecule has 1 heterocycles. The number of fused-ring (bicyclic) bond motifs is 5. The predicted octanol–water partition coefficient (Wildman–Crippen LogP) is 1.83. The SMILES string of the molecule is COc1ccccc1NC(=O)CCN1C(=O)[C@@H]2[C@H](C1=O)[C@H]1C=C[C@H]2C1. The topological polar surface area (TPSA) is 75.7 Å². The van der Waals surface area contributed by atoms with Crippen LogP contribution < -0.4 is 10.1 Å². The highest BCUT2D eigenvalue weighted by Gasteiger charge is 2.58. The van der Waals surface area contributed by atoms with Gasteiger partial charge in [-0.3, -0.25) is 19.3 Å².